The second kappa shape index (κ2) is 8.84. The van der Waals surface area contributed by atoms with E-state index in [0.29, 0.717) is 24.2 Å². The Morgan fingerprint density at radius 2 is 2.10 bits per heavy atom. The Hall–Kier alpha value is -1.34. The third kappa shape index (κ3) is 5.51. The van der Waals surface area contributed by atoms with Crippen LogP contribution >= 0.6 is 15.9 Å². The molecule has 0 N–H and O–H groups in total. The molecule has 1 amide bonds. The lowest BCUT2D eigenvalue weighted by Gasteiger charge is -2.24. The lowest BCUT2D eigenvalue weighted by Crippen LogP contribution is -2.38. The van der Waals surface area contributed by atoms with Crippen LogP contribution in [0, 0.1) is 5.92 Å². The number of carbonyl (C=O) groups excluding carboxylic acids is 2. The van der Waals surface area contributed by atoms with Crippen molar-refractivity contribution in [2.45, 2.75) is 13.3 Å². The van der Waals surface area contributed by atoms with Crippen LogP contribution in [0.15, 0.2) is 21.2 Å². The van der Waals surface area contributed by atoms with Crippen LogP contribution in [0.2, 0.25) is 0 Å². The van der Waals surface area contributed by atoms with Crippen LogP contribution in [0.25, 0.3) is 0 Å². The Morgan fingerprint density at radius 3 is 2.62 bits per heavy atom. The molecule has 6 nitrogen and oxygen atoms in total. The van der Waals surface area contributed by atoms with Crippen molar-refractivity contribution in [3.63, 3.8) is 0 Å². The summed E-state index contributed by atoms with van der Waals surface area (Å²) in [6.45, 7) is 3.01. The van der Waals surface area contributed by atoms with Gasteiger partial charge in [0.15, 0.2) is 10.4 Å². The van der Waals surface area contributed by atoms with Crippen LogP contribution in [-0.2, 0) is 14.3 Å². The van der Waals surface area contributed by atoms with Crippen LogP contribution in [0.5, 0.6) is 0 Å². The number of hydrogen-bond donors (Lipinski definition) is 0. The van der Waals surface area contributed by atoms with Crippen molar-refractivity contribution in [3.05, 3.63) is 22.6 Å². The van der Waals surface area contributed by atoms with Gasteiger partial charge in [-0.2, -0.15) is 0 Å². The highest BCUT2D eigenvalue weighted by molar-refractivity contribution is 9.10. The number of esters is 1. The van der Waals surface area contributed by atoms with Crippen molar-refractivity contribution in [2.24, 2.45) is 5.92 Å². The molecule has 1 aromatic heterocycles. The number of amides is 1. The number of hydrogen-bond acceptors (Lipinski definition) is 5. The Balaban J connectivity index is 2.75. The Labute approximate surface area is 132 Å². The highest BCUT2D eigenvalue weighted by atomic mass is 79.9. The minimum Gasteiger partial charge on any atom is -0.469 e. The maximum Gasteiger partial charge on any atom is 0.310 e. The topological polar surface area (TPSA) is 69.0 Å². The zero-order valence-corrected chi connectivity index (χ0v) is 14.0. The first-order valence-electron chi connectivity index (χ1n) is 6.61. The molecule has 0 radical (unpaired) electrons. The van der Waals surface area contributed by atoms with Gasteiger partial charge in [0.1, 0.15) is 0 Å². The molecule has 1 atom stereocenters. The third-order valence-corrected chi connectivity index (χ3v) is 3.37. The third-order valence-electron chi connectivity index (χ3n) is 2.95. The molecule has 0 aliphatic carbocycles. The minimum absolute atomic E-state index is 0.233. The van der Waals surface area contributed by atoms with Gasteiger partial charge in [-0.1, -0.05) is 6.92 Å². The van der Waals surface area contributed by atoms with Crippen LogP contribution in [0.4, 0.5) is 0 Å². The second-order valence-electron chi connectivity index (χ2n) is 4.63. The van der Waals surface area contributed by atoms with E-state index in [9.17, 15) is 9.59 Å². The number of furan rings is 1. The molecule has 1 aromatic rings. The molecule has 0 aliphatic heterocycles. The molecule has 0 saturated heterocycles. The SMILES string of the molecule is COCCCN(CC(C)C(=O)OC)C(=O)c1ccc(Br)o1. The van der Waals surface area contributed by atoms with Crippen LogP contribution in [0.1, 0.15) is 23.9 Å². The van der Waals surface area contributed by atoms with Crippen LogP contribution in [-0.4, -0.2) is 50.7 Å². The summed E-state index contributed by atoms with van der Waals surface area (Å²) in [4.78, 5) is 25.5. The lowest BCUT2D eigenvalue weighted by atomic mass is 10.1. The normalized spacial score (nSPS) is 12.0. The van der Waals surface area contributed by atoms with Gasteiger partial charge in [-0.25, -0.2) is 0 Å². The maximum absolute atomic E-state index is 12.4. The largest absolute Gasteiger partial charge is 0.469 e. The first-order chi connectivity index (χ1) is 9.99. The van der Waals surface area contributed by atoms with Gasteiger partial charge in [0.25, 0.3) is 5.91 Å². The van der Waals surface area contributed by atoms with E-state index < -0.39 is 5.92 Å². The van der Waals surface area contributed by atoms with E-state index >= 15 is 0 Å². The van der Waals surface area contributed by atoms with E-state index in [1.165, 1.54) is 7.11 Å². The van der Waals surface area contributed by atoms with Gasteiger partial charge in [0, 0.05) is 26.8 Å². The minimum atomic E-state index is -0.403. The average Bonchev–Trinajstić information content (AvgIpc) is 2.91. The molecule has 0 aliphatic rings. The summed E-state index contributed by atoms with van der Waals surface area (Å²) in [5, 5.41) is 0. The van der Waals surface area contributed by atoms with E-state index in [4.69, 9.17) is 13.9 Å². The van der Waals surface area contributed by atoms with Gasteiger partial charge in [-0.3, -0.25) is 9.59 Å². The summed E-state index contributed by atoms with van der Waals surface area (Å²) in [5.74, 6) is -0.774. The maximum atomic E-state index is 12.4. The van der Waals surface area contributed by atoms with Crippen molar-refractivity contribution < 1.29 is 23.5 Å². The number of rotatable bonds is 8. The summed E-state index contributed by atoms with van der Waals surface area (Å²) >= 11 is 3.17. The van der Waals surface area contributed by atoms with E-state index in [2.05, 4.69) is 15.9 Å². The fourth-order valence-corrected chi connectivity index (χ4v) is 2.17. The summed E-state index contributed by atoms with van der Waals surface area (Å²) in [5.41, 5.74) is 0. The molecule has 1 rings (SSSR count). The van der Waals surface area contributed by atoms with Crippen molar-refractivity contribution in [1.82, 2.24) is 4.90 Å². The number of ether oxygens (including phenoxy) is 2. The van der Waals surface area contributed by atoms with Gasteiger partial charge >= 0.3 is 5.97 Å². The predicted octanol–water partition coefficient (Wildman–Crippen LogP) is 2.33. The summed E-state index contributed by atoms with van der Waals surface area (Å²) in [7, 11) is 2.94. The lowest BCUT2D eigenvalue weighted by molar-refractivity contribution is -0.145. The van der Waals surface area contributed by atoms with E-state index in [1.54, 1.807) is 31.1 Å². The molecule has 118 valence electrons. The molecule has 1 heterocycles. The molecule has 0 bridgehead atoms. The van der Waals surface area contributed by atoms with Crippen LogP contribution < -0.4 is 0 Å². The number of halogens is 1. The van der Waals surface area contributed by atoms with Crippen molar-refractivity contribution in [1.29, 1.82) is 0 Å². The average molecular weight is 362 g/mol. The molecule has 0 aromatic carbocycles. The number of methoxy groups -OCH3 is 2. The standard InChI is InChI=1S/C14H20BrNO5/c1-10(14(18)20-3)9-16(7-4-8-19-2)13(17)11-5-6-12(15)21-11/h5-6,10H,4,7-9H2,1-3H3. The molecular formula is C14H20BrNO5. The van der Waals surface area contributed by atoms with Gasteiger partial charge < -0.3 is 18.8 Å². The molecular weight excluding hydrogens is 342 g/mol. The number of nitrogens with zero attached hydrogens (tertiary/aromatic N) is 1. The fraction of sp³-hybridized carbons (Fsp3) is 0.571. The highest BCUT2D eigenvalue weighted by Gasteiger charge is 2.24. The van der Waals surface area contributed by atoms with E-state index in [0.717, 1.165) is 0 Å². The zero-order chi connectivity index (χ0) is 15.8. The Kier molecular flexibility index (Phi) is 7.45. The predicted molar refractivity (Wildman–Crippen MR) is 80.0 cm³/mol. The molecule has 7 heteroatoms. The van der Waals surface area contributed by atoms with Crippen molar-refractivity contribution in [2.75, 3.05) is 33.9 Å². The monoisotopic (exact) mass is 361 g/mol. The fourth-order valence-electron chi connectivity index (χ4n) is 1.87. The molecule has 0 spiro atoms. The van der Waals surface area contributed by atoms with Gasteiger partial charge in [-0.05, 0) is 34.5 Å². The summed E-state index contributed by atoms with van der Waals surface area (Å²) < 4.78 is 15.5. The van der Waals surface area contributed by atoms with Crippen molar-refractivity contribution >= 4 is 27.8 Å². The first kappa shape index (κ1) is 17.7. The van der Waals surface area contributed by atoms with Gasteiger partial charge in [0.05, 0.1) is 13.0 Å². The summed E-state index contributed by atoms with van der Waals surface area (Å²) in [6.07, 6.45) is 0.679. The Bertz CT molecular complexity index is 474. The molecule has 0 fully saturated rings. The molecule has 21 heavy (non-hydrogen) atoms. The highest BCUT2D eigenvalue weighted by Crippen LogP contribution is 2.17. The van der Waals surface area contributed by atoms with Crippen molar-refractivity contribution in [3.8, 4) is 0 Å². The second-order valence-corrected chi connectivity index (χ2v) is 5.41. The van der Waals surface area contributed by atoms with Gasteiger partial charge in [0.2, 0.25) is 0 Å². The first-order valence-corrected chi connectivity index (χ1v) is 7.40. The Morgan fingerprint density at radius 1 is 1.38 bits per heavy atom. The number of carbonyl (C=O) groups is 2. The van der Waals surface area contributed by atoms with E-state index in [1.807, 2.05) is 0 Å². The quantitative estimate of drug-likeness (QED) is 0.525. The van der Waals surface area contributed by atoms with Gasteiger partial charge in [-0.15, -0.1) is 0 Å². The van der Waals surface area contributed by atoms with Crippen LogP contribution in [0.3, 0.4) is 0 Å². The smallest absolute Gasteiger partial charge is 0.310 e. The molecule has 0 saturated carbocycles. The molecule has 1 unspecified atom stereocenters. The zero-order valence-electron chi connectivity index (χ0n) is 12.4. The van der Waals surface area contributed by atoms with E-state index in [-0.39, 0.29) is 24.2 Å². The summed E-state index contributed by atoms with van der Waals surface area (Å²) in [6, 6.07) is 3.25.